The Balaban J connectivity index is 3.31. The van der Waals surface area contributed by atoms with Crippen molar-refractivity contribution in [2.24, 2.45) is 0 Å². The van der Waals surface area contributed by atoms with Gasteiger partial charge in [-0.15, -0.1) is 20.2 Å². The van der Waals surface area contributed by atoms with Gasteiger partial charge in [-0.1, -0.05) is 36.4 Å². The summed E-state index contributed by atoms with van der Waals surface area (Å²) in [6.45, 7) is 0. The maximum Gasteiger partial charge on any atom is 0.725 e. The summed E-state index contributed by atoms with van der Waals surface area (Å²) in [6, 6.07) is 9.61. The molecule has 2 aromatic rings. The fraction of sp³-hybridized carbons (Fsp3) is 0.200. The lowest BCUT2D eigenvalue weighted by Gasteiger charge is -2.34. The molecule has 2 rings (SSSR count). The third-order valence-corrected chi connectivity index (χ3v) is 4.49. The van der Waals surface area contributed by atoms with Crippen LogP contribution in [-0.2, 0) is 15.4 Å². The van der Waals surface area contributed by atoms with Crippen LogP contribution in [0.25, 0.3) is 0 Å². The van der Waals surface area contributed by atoms with E-state index in [-0.39, 0.29) is 0 Å². The topological polar surface area (TPSA) is 287 Å². The van der Waals surface area contributed by atoms with Crippen molar-refractivity contribution in [2.45, 2.75) is 17.3 Å². The first kappa shape index (κ1) is 26.5. The molecule has 0 radical (unpaired) electrons. The zero-order valence-corrected chi connectivity index (χ0v) is 17.1. The van der Waals surface area contributed by atoms with Crippen LogP contribution >= 0.6 is 0 Å². The zero-order chi connectivity index (χ0) is 27.3. The maximum atomic E-state index is 12.5. The molecule has 21 nitrogen and oxygen atoms in total. The molecule has 0 aromatic heterocycles. The van der Waals surface area contributed by atoms with Gasteiger partial charge in [0.15, 0.2) is 0 Å². The van der Waals surface area contributed by atoms with Crippen LogP contribution in [0.1, 0.15) is 5.56 Å². The van der Waals surface area contributed by atoms with Gasteiger partial charge in [-0.05, 0) is 24.3 Å². The van der Waals surface area contributed by atoms with Crippen LogP contribution in [0, 0.1) is 60.7 Å². The molecule has 21 heteroatoms. The van der Waals surface area contributed by atoms with E-state index in [4.69, 9.17) is 4.74 Å². The number of ether oxygens (including phenoxy) is 1. The van der Waals surface area contributed by atoms with Crippen molar-refractivity contribution >= 4 is 0 Å². The first-order valence-electron chi connectivity index (χ1n) is 8.84. The van der Waals surface area contributed by atoms with Crippen molar-refractivity contribution in [3.8, 4) is 5.75 Å². The van der Waals surface area contributed by atoms with Crippen LogP contribution < -0.4 is 4.74 Å². The first-order valence-corrected chi connectivity index (χ1v) is 8.84. The van der Waals surface area contributed by atoms with E-state index in [0.717, 1.165) is 36.4 Å². The SMILES string of the molecule is O=[N+]([O-])OC([N+](=O)[O-])([N+](=O)[O-])C(O[N+](=O)[O-])([N+](=O)[O-])C(Oc1ccccc1)(c1ccccc1)[N+](=O)[O-]. The minimum Gasteiger partial charge on any atom is -0.417 e. The Hall–Kier alpha value is -5.76. The number of nitrogens with zero attached hydrogens (tertiary/aromatic N) is 6. The minimum atomic E-state index is -5.50. The van der Waals surface area contributed by atoms with Crippen molar-refractivity contribution in [1.82, 2.24) is 0 Å². The van der Waals surface area contributed by atoms with Crippen LogP contribution in [0.15, 0.2) is 60.7 Å². The Morgan fingerprint density at radius 2 is 1.00 bits per heavy atom. The lowest BCUT2D eigenvalue weighted by atomic mass is 9.87. The van der Waals surface area contributed by atoms with Gasteiger partial charge in [0.05, 0.1) is 15.4 Å². The molecule has 2 atom stereocenters. The van der Waals surface area contributed by atoms with Crippen LogP contribution in [0.5, 0.6) is 5.75 Å². The summed E-state index contributed by atoms with van der Waals surface area (Å²) >= 11 is 0. The molecular weight excluding hydrogens is 504 g/mol. The highest BCUT2D eigenvalue weighted by atomic mass is 17.0. The molecule has 2 unspecified atom stereocenters. The van der Waals surface area contributed by atoms with Gasteiger partial charge in [-0.3, -0.25) is 40.5 Å². The molecular formula is C15H10N6O15. The van der Waals surface area contributed by atoms with Gasteiger partial charge in [0.2, 0.25) is 0 Å². The fourth-order valence-electron chi connectivity index (χ4n) is 3.19. The number of hydrogen-bond acceptors (Lipinski definition) is 15. The normalized spacial score (nSPS) is 14.2. The van der Waals surface area contributed by atoms with E-state index in [1.165, 1.54) is 12.1 Å². The molecule has 190 valence electrons. The van der Waals surface area contributed by atoms with Crippen molar-refractivity contribution in [1.29, 1.82) is 0 Å². The van der Waals surface area contributed by atoms with Crippen molar-refractivity contribution in [3.05, 3.63) is 127 Å². The highest BCUT2D eigenvalue weighted by Gasteiger charge is 3.04. The standard InChI is InChI=1S/C15H10N6O15/c22-16(23)13(11-7-3-1-4-8-11,34-12-9-5-2-6-10-12)14(17(24)25,35-20(30)31)15(18(26)27,19(28)29)36-21(32)33/h1-10H. The number of nitro groups is 4. The number of hydrogen-bond donors (Lipinski definition) is 0. The average Bonchev–Trinajstić information content (AvgIpc) is 2.79. The average molecular weight is 514 g/mol. The molecule has 0 aliphatic heterocycles. The Bertz CT molecular complexity index is 1200. The molecule has 0 N–H and O–H groups in total. The van der Waals surface area contributed by atoms with E-state index < -0.39 is 58.5 Å². The fourth-order valence-corrected chi connectivity index (χ4v) is 3.19. The molecule has 36 heavy (non-hydrogen) atoms. The summed E-state index contributed by atoms with van der Waals surface area (Å²) < 4.78 is 5.08. The second kappa shape index (κ2) is 9.62. The molecule has 0 fully saturated rings. The maximum absolute atomic E-state index is 12.5. The van der Waals surface area contributed by atoms with E-state index in [1.807, 2.05) is 0 Å². The summed E-state index contributed by atoms with van der Waals surface area (Å²) in [6.07, 6.45) is 0. The van der Waals surface area contributed by atoms with Gasteiger partial charge in [0.25, 0.3) is 0 Å². The second-order valence-corrected chi connectivity index (χ2v) is 6.34. The third kappa shape index (κ3) is 3.91. The van der Waals surface area contributed by atoms with Crippen LogP contribution in [0.3, 0.4) is 0 Å². The predicted molar refractivity (Wildman–Crippen MR) is 105 cm³/mol. The highest BCUT2D eigenvalue weighted by Crippen LogP contribution is 2.49. The van der Waals surface area contributed by atoms with E-state index in [0.29, 0.717) is 12.1 Å². The van der Waals surface area contributed by atoms with Gasteiger partial charge in [0.1, 0.15) is 15.6 Å². The van der Waals surface area contributed by atoms with Gasteiger partial charge in [-0.25, -0.2) is 0 Å². The number of para-hydroxylation sites is 1. The van der Waals surface area contributed by atoms with Gasteiger partial charge in [0, 0.05) is 0 Å². The van der Waals surface area contributed by atoms with Gasteiger partial charge < -0.3 is 4.74 Å². The summed E-state index contributed by atoms with van der Waals surface area (Å²) in [5, 5.41) is 66.7. The number of rotatable bonds is 13. The molecule has 0 amide bonds. The lowest BCUT2D eigenvalue weighted by Crippen LogP contribution is -2.81. The van der Waals surface area contributed by atoms with Crippen LogP contribution in [0.4, 0.5) is 0 Å². The Morgan fingerprint density at radius 1 is 0.556 bits per heavy atom. The molecule has 0 aliphatic rings. The quantitative estimate of drug-likeness (QED) is 0.203. The van der Waals surface area contributed by atoms with E-state index in [1.54, 1.807) is 0 Å². The van der Waals surface area contributed by atoms with Crippen molar-refractivity contribution < 1.29 is 44.3 Å². The first-order chi connectivity index (χ1) is 16.8. The van der Waals surface area contributed by atoms with Crippen molar-refractivity contribution in [2.75, 3.05) is 0 Å². The van der Waals surface area contributed by atoms with E-state index >= 15 is 0 Å². The molecule has 0 saturated carbocycles. The summed E-state index contributed by atoms with van der Waals surface area (Å²) in [4.78, 5) is 69.4. The van der Waals surface area contributed by atoms with Crippen LogP contribution in [-0.4, -0.2) is 41.4 Å². The molecule has 0 bridgehead atoms. The molecule has 0 spiro atoms. The van der Waals surface area contributed by atoms with Gasteiger partial charge >= 0.3 is 27.5 Å². The Kier molecular flexibility index (Phi) is 7.08. The monoisotopic (exact) mass is 514 g/mol. The minimum absolute atomic E-state index is 0.615. The van der Waals surface area contributed by atoms with Crippen molar-refractivity contribution in [3.63, 3.8) is 0 Å². The molecule has 0 heterocycles. The largest absolute Gasteiger partial charge is 0.725 e. The summed E-state index contributed by atoms with van der Waals surface area (Å²) in [5.41, 5.74) is -11.0. The van der Waals surface area contributed by atoms with E-state index in [2.05, 4.69) is 9.68 Å². The highest BCUT2D eigenvalue weighted by molar-refractivity contribution is 5.29. The van der Waals surface area contributed by atoms with E-state index in [9.17, 15) is 60.7 Å². The van der Waals surface area contributed by atoms with Gasteiger partial charge in [-0.2, -0.15) is 9.68 Å². The predicted octanol–water partition coefficient (Wildman–Crippen LogP) is 0.792. The van der Waals surface area contributed by atoms with Crippen LogP contribution in [0.2, 0.25) is 0 Å². The lowest BCUT2D eigenvalue weighted by molar-refractivity contribution is -1.04. The third-order valence-electron chi connectivity index (χ3n) is 4.49. The smallest absolute Gasteiger partial charge is 0.417 e. The molecule has 0 aliphatic carbocycles. The number of benzene rings is 2. The Morgan fingerprint density at radius 3 is 1.36 bits per heavy atom. The summed E-state index contributed by atoms with van der Waals surface area (Å²) in [5.74, 6) is -6.25. The molecule has 0 saturated heterocycles. The second-order valence-electron chi connectivity index (χ2n) is 6.34. The molecule has 2 aromatic carbocycles. The summed E-state index contributed by atoms with van der Waals surface area (Å²) in [7, 11) is 0. The Labute approximate surface area is 195 Å². The zero-order valence-electron chi connectivity index (χ0n) is 17.1.